The third-order valence-electron chi connectivity index (χ3n) is 7.35. The Morgan fingerprint density at radius 3 is 2.45 bits per heavy atom. The van der Waals surface area contributed by atoms with E-state index in [1.807, 2.05) is 24.2 Å². The van der Waals surface area contributed by atoms with E-state index in [0.29, 0.717) is 29.7 Å². The first-order valence-electron chi connectivity index (χ1n) is 11.5. The van der Waals surface area contributed by atoms with Crippen LogP contribution in [0.2, 0.25) is 0 Å². The largest absolute Gasteiger partial charge is 0.507 e. The van der Waals surface area contributed by atoms with E-state index < -0.39 is 5.82 Å². The number of anilines is 1. The van der Waals surface area contributed by atoms with E-state index in [1.165, 1.54) is 25.0 Å². The lowest BCUT2D eigenvalue weighted by atomic mass is 9.84. The van der Waals surface area contributed by atoms with Crippen molar-refractivity contribution >= 4 is 11.5 Å². The zero-order chi connectivity index (χ0) is 23.4. The summed E-state index contributed by atoms with van der Waals surface area (Å²) in [6, 6.07) is 6.77. The van der Waals surface area contributed by atoms with E-state index in [4.69, 9.17) is 0 Å². The second-order valence-corrected chi connectivity index (χ2v) is 10.3. The van der Waals surface area contributed by atoms with Gasteiger partial charge in [0.05, 0.1) is 11.4 Å². The normalized spacial score (nSPS) is 28.7. The number of aromatic hydroxyl groups is 1. The quantitative estimate of drug-likeness (QED) is 0.740. The van der Waals surface area contributed by atoms with Crippen LogP contribution in [0.25, 0.3) is 11.3 Å². The van der Waals surface area contributed by atoms with Gasteiger partial charge in [-0.1, -0.05) is 0 Å². The van der Waals surface area contributed by atoms with Crippen LogP contribution in [0.5, 0.6) is 5.75 Å². The minimum atomic E-state index is -0.453. The summed E-state index contributed by atoms with van der Waals surface area (Å²) < 4.78 is 14.9. The topological polar surface area (TPSA) is 76.9 Å². The van der Waals surface area contributed by atoms with Gasteiger partial charge in [0.15, 0.2) is 5.82 Å². The number of phenols is 1. The van der Waals surface area contributed by atoms with Crippen LogP contribution < -0.4 is 10.2 Å². The minimum Gasteiger partial charge on any atom is -0.507 e. The lowest BCUT2D eigenvalue weighted by molar-refractivity contribution is 0.207. The molecule has 2 fully saturated rings. The van der Waals surface area contributed by atoms with E-state index in [9.17, 15) is 9.50 Å². The smallest absolute Gasteiger partial charge is 0.151 e. The molecule has 2 aromatic rings. The monoisotopic (exact) mass is 450 g/mol. The van der Waals surface area contributed by atoms with Crippen LogP contribution >= 0.6 is 0 Å². The first-order valence-corrected chi connectivity index (χ1v) is 11.5. The second kappa shape index (κ2) is 7.80. The van der Waals surface area contributed by atoms with Crippen molar-refractivity contribution in [2.45, 2.75) is 56.7 Å². The molecule has 0 saturated carbocycles. The predicted octanol–water partition coefficient (Wildman–Crippen LogP) is 3.69. The van der Waals surface area contributed by atoms with E-state index in [-0.39, 0.29) is 22.4 Å². The molecule has 2 bridgehead atoms. The zero-order valence-electron chi connectivity index (χ0n) is 19.6. The van der Waals surface area contributed by atoms with Crippen molar-refractivity contribution in [1.82, 2.24) is 20.4 Å². The fraction of sp³-hybridized carbons (Fsp3) is 0.480. The van der Waals surface area contributed by atoms with E-state index in [1.54, 1.807) is 12.1 Å². The van der Waals surface area contributed by atoms with Crippen LogP contribution in [0, 0.1) is 5.82 Å². The van der Waals surface area contributed by atoms with Crippen molar-refractivity contribution in [3.8, 4) is 17.0 Å². The van der Waals surface area contributed by atoms with Gasteiger partial charge < -0.3 is 20.2 Å². The highest BCUT2D eigenvalue weighted by Gasteiger charge is 2.49. The summed E-state index contributed by atoms with van der Waals surface area (Å²) in [4.78, 5) is 8.44. The molecule has 0 amide bonds. The summed E-state index contributed by atoms with van der Waals surface area (Å²) in [5.74, 6) is 0.276. The number of halogens is 1. The molecule has 174 valence electrons. The maximum absolute atomic E-state index is 14.9. The number of aromatic nitrogens is 2. The predicted molar refractivity (Wildman–Crippen MR) is 128 cm³/mol. The number of benzene rings is 1. The van der Waals surface area contributed by atoms with E-state index in [2.05, 4.69) is 46.3 Å². The van der Waals surface area contributed by atoms with Crippen LogP contribution in [0.15, 0.2) is 41.5 Å². The first kappa shape index (κ1) is 21.8. The molecule has 1 aromatic carbocycles. The maximum Gasteiger partial charge on any atom is 0.151 e. The van der Waals surface area contributed by atoms with Gasteiger partial charge in [0.1, 0.15) is 18.2 Å². The summed E-state index contributed by atoms with van der Waals surface area (Å²) in [5, 5.41) is 23.2. The van der Waals surface area contributed by atoms with Crippen LogP contribution in [-0.2, 0) is 0 Å². The lowest BCUT2D eigenvalue weighted by Gasteiger charge is -2.45. The number of allylic oxidation sites excluding steroid dienone is 1. The van der Waals surface area contributed by atoms with Crippen LogP contribution in [0.3, 0.4) is 0 Å². The van der Waals surface area contributed by atoms with Gasteiger partial charge in [-0.3, -0.25) is 4.99 Å². The average molecular weight is 451 g/mol. The summed E-state index contributed by atoms with van der Waals surface area (Å²) in [6.45, 7) is 5.06. The molecule has 3 aliphatic rings. The SMILES string of the molecule is CN1C=CC(c2cc(O)c(-c3ccc(N(C)C4C[C@]5(C)CC[C@](C)(C4)N5)nn3)cc2F)=NC1. The van der Waals surface area contributed by atoms with Gasteiger partial charge in [0.2, 0.25) is 0 Å². The molecule has 3 atom stereocenters. The average Bonchev–Trinajstić information content (AvgIpc) is 3.02. The summed E-state index contributed by atoms with van der Waals surface area (Å²) in [6.07, 6.45) is 8.08. The van der Waals surface area contributed by atoms with Crippen LogP contribution in [0.1, 0.15) is 45.1 Å². The molecule has 8 heteroatoms. The molecule has 7 nitrogen and oxygen atoms in total. The second-order valence-electron chi connectivity index (χ2n) is 10.3. The van der Waals surface area contributed by atoms with Gasteiger partial charge in [-0.25, -0.2) is 4.39 Å². The highest BCUT2D eigenvalue weighted by molar-refractivity contribution is 6.09. The Balaban J connectivity index is 1.36. The number of fused-ring (bicyclic) bond motifs is 2. The van der Waals surface area contributed by atoms with Crippen molar-refractivity contribution in [3.05, 3.63) is 47.9 Å². The molecule has 0 radical (unpaired) electrons. The molecule has 2 N–H and O–H groups in total. The number of nitrogens with one attached hydrogen (secondary N) is 1. The van der Waals surface area contributed by atoms with Gasteiger partial charge in [-0.2, -0.15) is 0 Å². The van der Waals surface area contributed by atoms with Gasteiger partial charge in [0, 0.05) is 48.5 Å². The van der Waals surface area contributed by atoms with Crippen LogP contribution in [-0.4, -0.2) is 63.8 Å². The molecule has 2 saturated heterocycles. The molecule has 3 aliphatic heterocycles. The van der Waals surface area contributed by atoms with Crippen molar-refractivity contribution in [2.75, 3.05) is 25.7 Å². The standard InChI is InChI=1S/C25H31FN6O/c1-24-8-9-25(2,30-24)14-16(13-24)32(4)23-6-5-21(28-29-23)18-11-19(26)17(12-22(18)33)20-7-10-31(3)15-27-20/h5-7,10-12,16,30,33H,8-9,13-15H2,1-4H3/t16?,24-,25+. The number of hydrogen-bond acceptors (Lipinski definition) is 7. The highest BCUT2D eigenvalue weighted by atomic mass is 19.1. The Labute approximate surface area is 194 Å². The Hall–Kier alpha value is -3.00. The Morgan fingerprint density at radius 2 is 1.85 bits per heavy atom. The number of nitrogens with zero attached hydrogens (tertiary/aromatic N) is 5. The number of rotatable bonds is 4. The highest BCUT2D eigenvalue weighted by Crippen LogP contribution is 2.43. The summed E-state index contributed by atoms with van der Waals surface area (Å²) in [5.41, 5.74) is 1.85. The summed E-state index contributed by atoms with van der Waals surface area (Å²) in [7, 11) is 3.96. The van der Waals surface area contributed by atoms with Gasteiger partial charge in [0.25, 0.3) is 0 Å². The van der Waals surface area contributed by atoms with E-state index >= 15 is 0 Å². The van der Waals surface area contributed by atoms with Crippen molar-refractivity contribution in [1.29, 1.82) is 0 Å². The summed E-state index contributed by atoms with van der Waals surface area (Å²) >= 11 is 0. The minimum absolute atomic E-state index is 0.0485. The molecule has 4 heterocycles. The number of hydrogen-bond donors (Lipinski definition) is 2. The number of piperidine rings is 1. The third kappa shape index (κ3) is 4.08. The lowest BCUT2D eigenvalue weighted by Crippen LogP contribution is -2.58. The number of aliphatic imine (C=N–C) groups is 1. The van der Waals surface area contributed by atoms with Crippen LogP contribution in [0.4, 0.5) is 10.2 Å². The zero-order valence-corrected chi connectivity index (χ0v) is 19.6. The van der Waals surface area contributed by atoms with E-state index in [0.717, 1.165) is 18.7 Å². The molecular formula is C25H31FN6O. The van der Waals surface area contributed by atoms with Gasteiger partial charge in [-0.15, -0.1) is 10.2 Å². The van der Waals surface area contributed by atoms with Crippen molar-refractivity contribution < 1.29 is 9.50 Å². The molecule has 33 heavy (non-hydrogen) atoms. The molecule has 1 unspecified atom stereocenters. The number of phenolic OH excluding ortho intramolecular Hbond substituents is 1. The Kier molecular flexibility index (Phi) is 5.16. The first-order chi connectivity index (χ1) is 15.6. The molecule has 0 spiro atoms. The Morgan fingerprint density at radius 1 is 1.12 bits per heavy atom. The molecule has 1 aromatic heterocycles. The fourth-order valence-electron chi connectivity index (χ4n) is 5.57. The fourth-order valence-corrected chi connectivity index (χ4v) is 5.57. The molecule has 0 aliphatic carbocycles. The third-order valence-corrected chi connectivity index (χ3v) is 7.35. The maximum atomic E-state index is 14.9. The van der Waals surface area contributed by atoms with Gasteiger partial charge in [-0.05, 0) is 69.9 Å². The molecule has 5 rings (SSSR count). The van der Waals surface area contributed by atoms with Gasteiger partial charge >= 0.3 is 0 Å². The Bertz CT molecular complexity index is 1110. The molecular weight excluding hydrogens is 419 g/mol. The van der Waals surface area contributed by atoms with Crippen molar-refractivity contribution in [3.63, 3.8) is 0 Å². The van der Waals surface area contributed by atoms with Crippen molar-refractivity contribution in [2.24, 2.45) is 4.99 Å².